The monoisotopic (exact) mass is 469 g/mol. The molecule has 36 heavy (non-hydrogen) atoms. The first-order valence-electron chi connectivity index (χ1n) is 12.2. The minimum Gasteiger partial charge on any atom is -0.450 e. The highest BCUT2D eigenvalue weighted by Gasteiger charge is 2.51. The number of amides is 1. The quantitative estimate of drug-likeness (QED) is 0.217. The second kappa shape index (κ2) is 7.79. The third-order valence-corrected chi connectivity index (χ3v) is 7.46. The molecule has 1 amide bonds. The molecule has 0 spiro atoms. The summed E-state index contributed by atoms with van der Waals surface area (Å²) < 4.78 is 5.45. The van der Waals surface area contributed by atoms with E-state index in [0.717, 1.165) is 28.4 Å². The predicted octanol–water partition coefficient (Wildman–Crippen LogP) is 6.58. The van der Waals surface area contributed by atoms with Crippen LogP contribution in [-0.4, -0.2) is 18.0 Å². The molecule has 2 aliphatic rings. The number of β-lactam (4-membered cyclic amide) rings is 1. The lowest BCUT2D eigenvalue weighted by Gasteiger charge is -2.46. The molecule has 0 N–H and O–H groups in total. The lowest BCUT2D eigenvalue weighted by molar-refractivity contribution is -0.160. The van der Waals surface area contributed by atoms with E-state index in [9.17, 15) is 9.59 Å². The van der Waals surface area contributed by atoms with Gasteiger partial charge < -0.3 is 4.74 Å². The van der Waals surface area contributed by atoms with Crippen molar-refractivity contribution < 1.29 is 14.3 Å². The Hall–Kier alpha value is -4.44. The third kappa shape index (κ3) is 3.07. The Bertz CT molecular complexity index is 1710. The van der Waals surface area contributed by atoms with Crippen molar-refractivity contribution in [2.75, 3.05) is 4.90 Å². The fraction of sp³-hybridized carbons (Fsp3) is 0.125. The summed E-state index contributed by atoms with van der Waals surface area (Å²) in [5, 5.41) is 4.61. The number of carbonyl (C=O) groups is 2. The summed E-state index contributed by atoms with van der Waals surface area (Å²) in [6.07, 6.45) is 0.0533. The van der Waals surface area contributed by atoms with Crippen LogP contribution < -0.4 is 4.90 Å². The van der Waals surface area contributed by atoms with Crippen molar-refractivity contribution in [3.63, 3.8) is 0 Å². The molecule has 1 fully saturated rings. The zero-order valence-corrected chi connectivity index (χ0v) is 19.8. The van der Waals surface area contributed by atoms with Gasteiger partial charge in [-0.1, -0.05) is 72.8 Å². The van der Waals surface area contributed by atoms with Gasteiger partial charge in [-0.15, -0.1) is 0 Å². The second-order valence-electron chi connectivity index (χ2n) is 9.63. The number of esters is 1. The number of nitrogens with zero attached hydrogens (tertiary/aromatic N) is 1. The minimum atomic E-state index is -0.814. The molecule has 1 aliphatic carbocycles. The summed E-state index contributed by atoms with van der Waals surface area (Å²) in [6, 6.07) is 33.1. The predicted molar refractivity (Wildman–Crippen MR) is 142 cm³/mol. The number of hydrogen-bond donors (Lipinski definition) is 0. The maximum absolute atomic E-state index is 13.3. The molecule has 4 nitrogen and oxygen atoms in total. The summed E-state index contributed by atoms with van der Waals surface area (Å²) in [5.74, 6) is -0.642. The SMILES string of the molecule is CC(=O)OC1C(=O)N(c2cccc3cc4c(cc23)Cc2cc3ccccc3cc2-4)[C@H]1c1ccccc1. The Morgan fingerprint density at radius 2 is 1.42 bits per heavy atom. The van der Waals surface area contributed by atoms with Gasteiger partial charge in [0, 0.05) is 12.3 Å². The van der Waals surface area contributed by atoms with Gasteiger partial charge in [0.05, 0.1) is 5.69 Å². The number of carbonyl (C=O) groups excluding carboxylic acids is 2. The summed E-state index contributed by atoms with van der Waals surface area (Å²) in [5.41, 5.74) is 6.93. The Balaban J connectivity index is 1.36. The lowest BCUT2D eigenvalue weighted by atomic mass is 9.88. The number of ether oxygens (including phenoxy) is 1. The molecule has 174 valence electrons. The van der Waals surface area contributed by atoms with Crippen LogP contribution in [0.3, 0.4) is 0 Å². The van der Waals surface area contributed by atoms with Crippen molar-refractivity contribution >= 4 is 39.1 Å². The largest absolute Gasteiger partial charge is 0.450 e. The van der Waals surface area contributed by atoms with E-state index in [0.29, 0.717) is 0 Å². The molecular formula is C32H23NO3. The van der Waals surface area contributed by atoms with E-state index in [1.165, 1.54) is 39.9 Å². The Kier molecular flexibility index (Phi) is 4.52. The van der Waals surface area contributed by atoms with Crippen molar-refractivity contribution in [3.8, 4) is 11.1 Å². The first-order chi connectivity index (χ1) is 17.6. The highest BCUT2D eigenvalue weighted by Crippen LogP contribution is 2.46. The molecule has 7 rings (SSSR count). The molecule has 1 unspecified atom stereocenters. The molecule has 0 saturated carbocycles. The van der Waals surface area contributed by atoms with Crippen molar-refractivity contribution in [2.24, 2.45) is 0 Å². The van der Waals surface area contributed by atoms with Crippen molar-refractivity contribution in [1.82, 2.24) is 0 Å². The van der Waals surface area contributed by atoms with Crippen molar-refractivity contribution in [2.45, 2.75) is 25.5 Å². The molecule has 0 bridgehead atoms. The van der Waals surface area contributed by atoms with Gasteiger partial charge in [-0.3, -0.25) is 14.5 Å². The van der Waals surface area contributed by atoms with Gasteiger partial charge in [0.2, 0.25) is 6.10 Å². The van der Waals surface area contributed by atoms with Gasteiger partial charge in [0.1, 0.15) is 6.04 Å². The van der Waals surface area contributed by atoms with Gasteiger partial charge in [-0.25, -0.2) is 0 Å². The van der Waals surface area contributed by atoms with Crippen LogP contribution in [0, 0.1) is 0 Å². The minimum absolute atomic E-state index is 0.193. The third-order valence-electron chi connectivity index (χ3n) is 7.46. The van der Waals surface area contributed by atoms with Gasteiger partial charge in [-0.05, 0) is 74.7 Å². The maximum atomic E-state index is 13.3. The first-order valence-corrected chi connectivity index (χ1v) is 12.2. The molecular weight excluding hydrogens is 446 g/mol. The number of hydrogen-bond acceptors (Lipinski definition) is 3. The van der Waals surface area contributed by atoms with E-state index in [1.54, 1.807) is 4.90 Å². The van der Waals surface area contributed by atoms with Crippen LogP contribution in [0.15, 0.2) is 97.1 Å². The number of fused-ring (bicyclic) bond motifs is 5. The highest BCUT2D eigenvalue weighted by molar-refractivity contribution is 6.12. The number of benzene rings is 5. The zero-order valence-electron chi connectivity index (χ0n) is 19.8. The Morgan fingerprint density at radius 3 is 2.17 bits per heavy atom. The van der Waals surface area contributed by atoms with Crippen LogP contribution in [0.2, 0.25) is 0 Å². The van der Waals surface area contributed by atoms with E-state index in [2.05, 4.69) is 54.6 Å². The number of anilines is 1. The van der Waals surface area contributed by atoms with E-state index in [4.69, 9.17) is 4.74 Å². The summed E-state index contributed by atoms with van der Waals surface area (Å²) in [7, 11) is 0. The molecule has 1 saturated heterocycles. The van der Waals surface area contributed by atoms with Crippen LogP contribution in [0.25, 0.3) is 32.7 Å². The van der Waals surface area contributed by atoms with Crippen LogP contribution in [0.1, 0.15) is 29.7 Å². The van der Waals surface area contributed by atoms with Crippen molar-refractivity contribution in [1.29, 1.82) is 0 Å². The summed E-state index contributed by atoms with van der Waals surface area (Å²) in [6.45, 7) is 1.35. The summed E-state index contributed by atoms with van der Waals surface area (Å²) >= 11 is 0. The zero-order chi connectivity index (χ0) is 24.4. The first kappa shape index (κ1) is 20.9. The van der Waals surface area contributed by atoms with Crippen LogP contribution in [-0.2, 0) is 20.7 Å². The fourth-order valence-electron chi connectivity index (χ4n) is 5.85. The second-order valence-corrected chi connectivity index (χ2v) is 9.63. The van der Waals surface area contributed by atoms with Crippen LogP contribution >= 0.6 is 0 Å². The molecule has 0 radical (unpaired) electrons. The lowest BCUT2D eigenvalue weighted by Crippen LogP contribution is -2.60. The van der Waals surface area contributed by atoms with Gasteiger partial charge in [-0.2, -0.15) is 0 Å². The Morgan fingerprint density at radius 1 is 0.778 bits per heavy atom. The molecule has 5 aromatic carbocycles. The van der Waals surface area contributed by atoms with E-state index in [1.807, 2.05) is 42.5 Å². The van der Waals surface area contributed by atoms with Gasteiger partial charge in [0.25, 0.3) is 5.91 Å². The summed E-state index contributed by atoms with van der Waals surface area (Å²) in [4.78, 5) is 26.9. The normalized spacial score (nSPS) is 18.1. The van der Waals surface area contributed by atoms with Crippen LogP contribution in [0.4, 0.5) is 5.69 Å². The number of rotatable bonds is 3. The highest BCUT2D eigenvalue weighted by atomic mass is 16.6. The van der Waals surface area contributed by atoms with E-state index in [-0.39, 0.29) is 11.9 Å². The standard InChI is InChI=1S/C32H23NO3/c1-19(34)36-31-30(20-8-3-2-4-9-20)33(32(31)35)29-13-7-12-23-17-27-25(18-28(23)29)15-24-14-21-10-5-6-11-22(21)16-26(24)27/h2-14,16-18,30-31H,15H2,1H3/t30-,31?/m0/s1. The van der Waals surface area contributed by atoms with E-state index >= 15 is 0 Å². The van der Waals surface area contributed by atoms with Gasteiger partial charge >= 0.3 is 5.97 Å². The fourth-order valence-corrected chi connectivity index (χ4v) is 5.85. The maximum Gasteiger partial charge on any atom is 0.303 e. The van der Waals surface area contributed by atoms with E-state index < -0.39 is 12.1 Å². The smallest absolute Gasteiger partial charge is 0.303 e. The van der Waals surface area contributed by atoms with Gasteiger partial charge in [0.15, 0.2) is 0 Å². The molecule has 2 atom stereocenters. The molecule has 1 heterocycles. The topological polar surface area (TPSA) is 46.6 Å². The molecule has 1 aliphatic heterocycles. The van der Waals surface area contributed by atoms with Crippen LogP contribution in [0.5, 0.6) is 0 Å². The Labute approximate surface area is 208 Å². The molecule has 5 aromatic rings. The average molecular weight is 470 g/mol. The average Bonchev–Trinajstić information content (AvgIpc) is 3.24. The molecule has 0 aromatic heterocycles. The molecule has 4 heteroatoms. The van der Waals surface area contributed by atoms with Crippen molar-refractivity contribution in [3.05, 3.63) is 114 Å².